The molecule has 3 unspecified atom stereocenters. The van der Waals surface area contributed by atoms with Gasteiger partial charge in [0.25, 0.3) is 0 Å². The number of halogens is 3. The quantitative estimate of drug-likeness (QED) is 0.826. The van der Waals surface area contributed by atoms with Crippen molar-refractivity contribution in [1.29, 1.82) is 0 Å². The summed E-state index contributed by atoms with van der Waals surface area (Å²) in [6, 6.07) is 8.31. The molecule has 3 rings (SSSR count). The minimum Gasteiger partial charge on any atom is -0.368 e. The van der Waals surface area contributed by atoms with E-state index in [2.05, 4.69) is 10.2 Å². The maximum Gasteiger partial charge on any atom is 0.223 e. The van der Waals surface area contributed by atoms with Crippen molar-refractivity contribution in [3.05, 3.63) is 29.3 Å². The minimum absolute atomic E-state index is 0. The largest absolute Gasteiger partial charge is 0.368 e. The molecule has 24 heavy (non-hydrogen) atoms. The molecular formula is C17H26Cl3N3O. The molecule has 0 bridgehead atoms. The van der Waals surface area contributed by atoms with E-state index in [1.165, 1.54) is 0 Å². The normalized spacial score (nSPS) is 26.2. The highest BCUT2D eigenvalue weighted by Gasteiger charge is 2.30. The molecule has 0 radical (unpaired) electrons. The molecule has 1 aliphatic carbocycles. The molecular weight excluding hydrogens is 369 g/mol. The van der Waals surface area contributed by atoms with Gasteiger partial charge in [-0.25, -0.2) is 0 Å². The molecule has 1 aromatic carbocycles. The highest BCUT2D eigenvalue weighted by atomic mass is 35.5. The fourth-order valence-electron chi connectivity index (χ4n) is 3.60. The zero-order valence-electron chi connectivity index (χ0n) is 13.6. The van der Waals surface area contributed by atoms with Gasteiger partial charge in [0.2, 0.25) is 5.91 Å². The standard InChI is InChI=1S/C17H24ClN3O.2ClH/c18-15-5-1-2-6-16(15)21-9-3-4-14(11-21)20-17(22)12-7-8-13(19)10-12;;/h1-2,5-6,12-14H,3-4,7-11,19H2,(H,20,22);2*1H. The molecule has 3 atom stereocenters. The lowest BCUT2D eigenvalue weighted by atomic mass is 10.0. The van der Waals surface area contributed by atoms with Crippen molar-refractivity contribution >= 4 is 48.0 Å². The van der Waals surface area contributed by atoms with Crippen LogP contribution in [0.15, 0.2) is 24.3 Å². The fraction of sp³-hybridized carbons (Fsp3) is 0.588. The summed E-state index contributed by atoms with van der Waals surface area (Å²) in [5, 5.41) is 4.00. The Morgan fingerprint density at radius 1 is 1.21 bits per heavy atom. The van der Waals surface area contributed by atoms with Crippen molar-refractivity contribution in [2.45, 2.75) is 44.2 Å². The summed E-state index contributed by atoms with van der Waals surface area (Å²) < 4.78 is 0. The molecule has 1 amide bonds. The zero-order chi connectivity index (χ0) is 15.5. The second-order valence-electron chi connectivity index (χ2n) is 6.52. The topological polar surface area (TPSA) is 58.4 Å². The number of anilines is 1. The average molecular weight is 395 g/mol. The van der Waals surface area contributed by atoms with Gasteiger partial charge in [-0.05, 0) is 44.2 Å². The second-order valence-corrected chi connectivity index (χ2v) is 6.92. The number of amides is 1. The average Bonchev–Trinajstić information content (AvgIpc) is 2.95. The Bertz CT molecular complexity index is 544. The van der Waals surface area contributed by atoms with Crippen LogP contribution in [-0.2, 0) is 4.79 Å². The van der Waals surface area contributed by atoms with Crippen molar-refractivity contribution in [3.8, 4) is 0 Å². The molecule has 2 aliphatic rings. The van der Waals surface area contributed by atoms with Crippen LogP contribution in [0, 0.1) is 5.92 Å². The Hall–Kier alpha value is -0.680. The SMILES string of the molecule is Cl.Cl.NC1CCC(C(=O)NC2CCCN(c3ccccc3Cl)C2)C1. The Kier molecular flexibility index (Phi) is 8.65. The van der Waals surface area contributed by atoms with E-state index in [1.807, 2.05) is 24.3 Å². The molecule has 0 spiro atoms. The van der Waals surface area contributed by atoms with E-state index in [1.54, 1.807) is 0 Å². The maximum atomic E-state index is 12.4. The number of benzene rings is 1. The van der Waals surface area contributed by atoms with Gasteiger partial charge in [-0.15, -0.1) is 24.8 Å². The summed E-state index contributed by atoms with van der Waals surface area (Å²) >= 11 is 6.29. The predicted octanol–water partition coefficient (Wildman–Crippen LogP) is 3.40. The lowest BCUT2D eigenvalue weighted by Gasteiger charge is -2.35. The number of piperidine rings is 1. The Morgan fingerprint density at radius 3 is 2.62 bits per heavy atom. The molecule has 0 aromatic heterocycles. The van der Waals surface area contributed by atoms with Crippen LogP contribution < -0.4 is 16.0 Å². The third kappa shape index (κ3) is 5.16. The van der Waals surface area contributed by atoms with Gasteiger partial charge in [-0.2, -0.15) is 0 Å². The number of nitrogens with one attached hydrogen (secondary N) is 1. The van der Waals surface area contributed by atoms with Crippen molar-refractivity contribution < 1.29 is 4.79 Å². The van der Waals surface area contributed by atoms with Crippen molar-refractivity contribution in [3.63, 3.8) is 0 Å². The van der Waals surface area contributed by atoms with Crippen LogP contribution in [0.1, 0.15) is 32.1 Å². The number of hydrogen-bond acceptors (Lipinski definition) is 3. The molecule has 1 aromatic rings. The van der Waals surface area contributed by atoms with Gasteiger partial charge in [-0.3, -0.25) is 4.79 Å². The van der Waals surface area contributed by atoms with Gasteiger partial charge in [0, 0.05) is 31.1 Å². The Labute approximate surface area is 161 Å². The van der Waals surface area contributed by atoms with Crippen molar-refractivity contribution in [2.75, 3.05) is 18.0 Å². The van der Waals surface area contributed by atoms with Crippen LogP contribution in [0.4, 0.5) is 5.69 Å². The molecule has 3 N–H and O–H groups in total. The number of rotatable bonds is 3. The number of hydrogen-bond donors (Lipinski definition) is 2. The van der Waals surface area contributed by atoms with E-state index in [9.17, 15) is 4.79 Å². The number of nitrogens with two attached hydrogens (primary N) is 1. The summed E-state index contributed by atoms with van der Waals surface area (Å²) in [6.45, 7) is 1.82. The van der Waals surface area contributed by atoms with Gasteiger partial charge >= 0.3 is 0 Å². The first-order valence-electron chi connectivity index (χ1n) is 8.19. The van der Waals surface area contributed by atoms with Gasteiger partial charge in [-0.1, -0.05) is 23.7 Å². The number of carbonyl (C=O) groups excluding carboxylic acids is 1. The molecule has 1 aliphatic heterocycles. The first-order valence-corrected chi connectivity index (χ1v) is 8.56. The third-order valence-electron chi connectivity index (χ3n) is 4.80. The van der Waals surface area contributed by atoms with Crippen LogP contribution in [0.3, 0.4) is 0 Å². The highest BCUT2D eigenvalue weighted by molar-refractivity contribution is 6.33. The Morgan fingerprint density at radius 2 is 1.96 bits per heavy atom. The summed E-state index contributed by atoms with van der Waals surface area (Å²) in [5.74, 6) is 0.282. The van der Waals surface area contributed by atoms with Gasteiger partial charge < -0.3 is 16.0 Å². The molecule has 1 heterocycles. The number of carbonyl (C=O) groups is 1. The van der Waals surface area contributed by atoms with E-state index >= 15 is 0 Å². The summed E-state index contributed by atoms with van der Waals surface area (Å²) in [5.41, 5.74) is 6.97. The highest BCUT2D eigenvalue weighted by Crippen LogP contribution is 2.28. The van der Waals surface area contributed by atoms with Gasteiger partial charge in [0.1, 0.15) is 0 Å². The summed E-state index contributed by atoms with van der Waals surface area (Å²) in [7, 11) is 0. The van der Waals surface area contributed by atoms with Crippen LogP contribution in [0.25, 0.3) is 0 Å². The lowest BCUT2D eigenvalue weighted by molar-refractivity contribution is -0.125. The number of para-hydroxylation sites is 1. The summed E-state index contributed by atoms with van der Waals surface area (Å²) in [6.07, 6.45) is 4.82. The zero-order valence-corrected chi connectivity index (χ0v) is 16.0. The van der Waals surface area contributed by atoms with E-state index in [4.69, 9.17) is 17.3 Å². The second kappa shape index (κ2) is 9.71. The van der Waals surface area contributed by atoms with Crippen LogP contribution >= 0.6 is 36.4 Å². The van der Waals surface area contributed by atoms with E-state index in [0.29, 0.717) is 0 Å². The molecule has 7 heteroatoms. The lowest BCUT2D eigenvalue weighted by Crippen LogP contribution is -2.49. The number of nitrogens with zero attached hydrogens (tertiary/aromatic N) is 1. The first kappa shape index (κ1) is 21.4. The van der Waals surface area contributed by atoms with Crippen molar-refractivity contribution in [2.24, 2.45) is 11.7 Å². The van der Waals surface area contributed by atoms with Crippen LogP contribution in [0.5, 0.6) is 0 Å². The smallest absolute Gasteiger partial charge is 0.223 e. The maximum absolute atomic E-state index is 12.4. The third-order valence-corrected chi connectivity index (χ3v) is 5.12. The van der Waals surface area contributed by atoms with E-state index < -0.39 is 0 Å². The van der Waals surface area contributed by atoms with E-state index in [-0.39, 0.29) is 48.7 Å². The van der Waals surface area contributed by atoms with Gasteiger partial charge in [0.15, 0.2) is 0 Å². The Balaban J connectivity index is 0.00000144. The summed E-state index contributed by atoms with van der Waals surface area (Å²) in [4.78, 5) is 14.6. The molecule has 136 valence electrons. The minimum atomic E-state index is 0. The molecule has 2 fully saturated rings. The fourth-order valence-corrected chi connectivity index (χ4v) is 3.85. The van der Waals surface area contributed by atoms with Crippen LogP contribution in [0.2, 0.25) is 5.02 Å². The van der Waals surface area contributed by atoms with Gasteiger partial charge in [0.05, 0.1) is 10.7 Å². The van der Waals surface area contributed by atoms with Crippen LogP contribution in [-0.4, -0.2) is 31.1 Å². The first-order chi connectivity index (χ1) is 10.6. The van der Waals surface area contributed by atoms with E-state index in [0.717, 1.165) is 55.9 Å². The molecule has 1 saturated carbocycles. The molecule has 1 saturated heterocycles. The van der Waals surface area contributed by atoms with Crippen molar-refractivity contribution in [1.82, 2.24) is 5.32 Å². The predicted molar refractivity (Wildman–Crippen MR) is 105 cm³/mol. The monoisotopic (exact) mass is 393 g/mol. The molecule has 4 nitrogen and oxygen atoms in total.